The molecular formula is C25H20F3N3O2S. The van der Waals surface area contributed by atoms with Gasteiger partial charge in [0.05, 0.1) is 13.1 Å². The largest absolute Gasteiger partial charge is 0.325 e. The number of hydrogen-bond acceptors (Lipinski definition) is 4. The van der Waals surface area contributed by atoms with E-state index >= 15 is 0 Å². The first-order chi connectivity index (χ1) is 16.4. The van der Waals surface area contributed by atoms with Crippen molar-refractivity contribution in [3.05, 3.63) is 101 Å². The number of thioether (sulfide) groups is 1. The van der Waals surface area contributed by atoms with Crippen LogP contribution in [0.3, 0.4) is 0 Å². The Kier molecular flexibility index (Phi) is 7.32. The standard InChI is InChI=1S/C25H20F3N3O2S/c26-18-5-1-16(2-6-18)14-29-25-31(15-17-3-7-19(27)8-4-17)23(32)13-22(34-25)24(33)30-21-11-9-20(28)10-12-21/h1-12,22H,13-15H2,(H,30,33)/t22-/m0/s1. The minimum atomic E-state index is -0.742. The summed E-state index contributed by atoms with van der Waals surface area (Å²) >= 11 is 1.14. The van der Waals surface area contributed by atoms with Crippen molar-refractivity contribution in [2.24, 2.45) is 4.99 Å². The number of hydrogen-bond donors (Lipinski definition) is 1. The molecule has 3 aromatic rings. The lowest BCUT2D eigenvalue weighted by molar-refractivity contribution is -0.129. The highest BCUT2D eigenvalue weighted by Crippen LogP contribution is 2.29. The second-order valence-electron chi connectivity index (χ2n) is 7.64. The smallest absolute Gasteiger partial charge is 0.238 e. The van der Waals surface area contributed by atoms with Gasteiger partial charge >= 0.3 is 0 Å². The molecule has 0 bridgehead atoms. The van der Waals surface area contributed by atoms with Crippen molar-refractivity contribution in [1.29, 1.82) is 0 Å². The fourth-order valence-electron chi connectivity index (χ4n) is 3.31. The van der Waals surface area contributed by atoms with Crippen LogP contribution < -0.4 is 5.32 Å². The number of carbonyl (C=O) groups is 2. The molecule has 1 atom stereocenters. The van der Waals surface area contributed by atoms with Gasteiger partial charge in [-0.05, 0) is 59.7 Å². The van der Waals surface area contributed by atoms with Crippen molar-refractivity contribution in [3.8, 4) is 0 Å². The van der Waals surface area contributed by atoms with Crippen LogP contribution in [-0.4, -0.2) is 27.1 Å². The zero-order chi connectivity index (χ0) is 24.1. The highest BCUT2D eigenvalue weighted by Gasteiger charge is 2.35. The van der Waals surface area contributed by atoms with E-state index in [2.05, 4.69) is 10.3 Å². The molecule has 1 heterocycles. The summed E-state index contributed by atoms with van der Waals surface area (Å²) in [5.41, 5.74) is 1.86. The summed E-state index contributed by atoms with van der Waals surface area (Å²) in [7, 11) is 0. The Morgan fingerprint density at radius 1 is 0.882 bits per heavy atom. The molecule has 1 aliphatic heterocycles. The van der Waals surface area contributed by atoms with Crippen molar-refractivity contribution in [2.45, 2.75) is 24.8 Å². The maximum absolute atomic E-state index is 13.3. The molecule has 1 saturated heterocycles. The Morgan fingerprint density at radius 2 is 1.41 bits per heavy atom. The van der Waals surface area contributed by atoms with Gasteiger partial charge in [-0.25, -0.2) is 13.2 Å². The third-order valence-electron chi connectivity index (χ3n) is 5.11. The van der Waals surface area contributed by atoms with Gasteiger partial charge in [0.25, 0.3) is 0 Å². The summed E-state index contributed by atoms with van der Waals surface area (Å²) in [6.07, 6.45) is -0.0611. The van der Waals surface area contributed by atoms with Gasteiger partial charge in [-0.1, -0.05) is 36.0 Å². The fourth-order valence-corrected chi connectivity index (χ4v) is 4.39. The van der Waals surface area contributed by atoms with Gasteiger partial charge in [0.1, 0.15) is 22.7 Å². The number of rotatable bonds is 6. The number of anilines is 1. The first kappa shape index (κ1) is 23.6. The van der Waals surface area contributed by atoms with Crippen molar-refractivity contribution in [2.75, 3.05) is 5.32 Å². The molecule has 4 rings (SSSR count). The lowest BCUT2D eigenvalue weighted by Crippen LogP contribution is -2.45. The molecule has 5 nitrogen and oxygen atoms in total. The van der Waals surface area contributed by atoms with E-state index in [4.69, 9.17) is 0 Å². The van der Waals surface area contributed by atoms with Crippen LogP contribution in [0.1, 0.15) is 17.5 Å². The van der Waals surface area contributed by atoms with Crippen LogP contribution in [0.2, 0.25) is 0 Å². The lowest BCUT2D eigenvalue weighted by atomic mass is 10.2. The molecule has 34 heavy (non-hydrogen) atoms. The van der Waals surface area contributed by atoms with Crippen molar-refractivity contribution in [3.63, 3.8) is 0 Å². The molecule has 0 unspecified atom stereocenters. The van der Waals surface area contributed by atoms with E-state index in [9.17, 15) is 22.8 Å². The van der Waals surface area contributed by atoms with Crippen molar-refractivity contribution >= 4 is 34.4 Å². The van der Waals surface area contributed by atoms with Crippen molar-refractivity contribution in [1.82, 2.24) is 4.90 Å². The summed E-state index contributed by atoms with van der Waals surface area (Å²) in [6, 6.07) is 17.0. The monoisotopic (exact) mass is 483 g/mol. The SMILES string of the molecule is O=C(Nc1ccc(F)cc1)[C@@H]1CC(=O)N(Cc2ccc(F)cc2)C(=NCc2ccc(F)cc2)S1. The molecule has 3 aromatic carbocycles. The fraction of sp³-hybridized carbons (Fsp3) is 0.160. The average Bonchev–Trinajstić information content (AvgIpc) is 2.83. The first-order valence-electron chi connectivity index (χ1n) is 10.4. The zero-order valence-corrected chi connectivity index (χ0v) is 18.7. The van der Waals surface area contributed by atoms with Gasteiger partial charge in [0.2, 0.25) is 11.8 Å². The Balaban J connectivity index is 1.54. The number of benzene rings is 3. The van der Waals surface area contributed by atoms with Crippen LogP contribution in [0.5, 0.6) is 0 Å². The van der Waals surface area contributed by atoms with Crippen LogP contribution in [0.25, 0.3) is 0 Å². The van der Waals surface area contributed by atoms with Crippen LogP contribution in [-0.2, 0) is 22.7 Å². The average molecular weight is 484 g/mol. The van der Waals surface area contributed by atoms with Gasteiger partial charge in [-0.2, -0.15) is 0 Å². The van der Waals surface area contributed by atoms with Crippen LogP contribution in [0, 0.1) is 17.5 Å². The Bertz CT molecular complexity index is 1200. The first-order valence-corrected chi connectivity index (χ1v) is 11.3. The van der Waals surface area contributed by atoms with Gasteiger partial charge in [0.15, 0.2) is 5.17 Å². The van der Waals surface area contributed by atoms with E-state index < -0.39 is 17.0 Å². The molecule has 9 heteroatoms. The van der Waals surface area contributed by atoms with E-state index in [1.165, 1.54) is 53.4 Å². The second-order valence-corrected chi connectivity index (χ2v) is 8.81. The summed E-state index contributed by atoms with van der Waals surface area (Å²) in [6.45, 7) is 0.350. The number of amidine groups is 1. The normalized spacial score (nSPS) is 17.1. The molecule has 0 saturated carbocycles. The lowest BCUT2D eigenvalue weighted by Gasteiger charge is -2.32. The topological polar surface area (TPSA) is 61.8 Å². The highest BCUT2D eigenvalue weighted by atomic mass is 32.2. The zero-order valence-electron chi connectivity index (χ0n) is 17.9. The molecular weight excluding hydrogens is 463 g/mol. The third-order valence-corrected chi connectivity index (χ3v) is 6.33. The minimum absolute atomic E-state index is 0.0611. The maximum Gasteiger partial charge on any atom is 0.238 e. The van der Waals surface area contributed by atoms with Crippen LogP contribution in [0.15, 0.2) is 77.8 Å². The van der Waals surface area contributed by atoms with Crippen LogP contribution >= 0.6 is 11.8 Å². The number of aliphatic imine (C=N–C) groups is 1. The summed E-state index contributed by atoms with van der Waals surface area (Å²) < 4.78 is 39.7. The Morgan fingerprint density at radius 3 is 2.00 bits per heavy atom. The Hall–Kier alpha value is -3.59. The summed E-state index contributed by atoms with van der Waals surface area (Å²) in [4.78, 5) is 31.8. The number of carbonyl (C=O) groups excluding carboxylic acids is 2. The highest BCUT2D eigenvalue weighted by molar-refractivity contribution is 8.15. The van der Waals surface area contributed by atoms with E-state index in [-0.39, 0.29) is 37.1 Å². The predicted molar refractivity (Wildman–Crippen MR) is 126 cm³/mol. The minimum Gasteiger partial charge on any atom is -0.325 e. The van der Waals surface area contributed by atoms with E-state index in [1.807, 2.05) is 0 Å². The van der Waals surface area contributed by atoms with Crippen molar-refractivity contribution < 1.29 is 22.8 Å². The number of amides is 2. The molecule has 1 N–H and O–H groups in total. The molecule has 0 radical (unpaired) electrons. The maximum atomic E-state index is 13.3. The van der Waals surface area contributed by atoms with Crippen LogP contribution in [0.4, 0.5) is 18.9 Å². The Labute approximate surface area is 198 Å². The number of halogens is 3. The summed E-state index contributed by atoms with van der Waals surface area (Å²) in [5, 5.41) is 2.29. The van der Waals surface area contributed by atoms with E-state index in [1.54, 1.807) is 24.3 Å². The quantitative estimate of drug-likeness (QED) is 0.529. The second kappa shape index (κ2) is 10.6. The van der Waals surface area contributed by atoms with E-state index in [0.717, 1.165) is 17.3 Å². The summed E-state index contributed by atoms with van der Waals surface area (Å²) in [5.74, 6) is -1.88. The number of nitrogens with zero attached hydrogens (tertiary/aromatic N) is 2. The van der Waals surface area contributed by atoms with Gasteiger partial charge < -0.3 is 5.32 Å². The molecule has 0 aromatic heterocycles. The van der Waals surface area contributed by atoms with Gasteiger partial charge in [-0.15, -0.1) is 0 Å². The third kappa shape index (κ3) is 6.05. The predicted octanol–water partition coefficient (Wildman–Crippen LogP) is 5.13. The molecule has 174 valence electrons. The molecule has 1 fully saturated rings. The van der Waals surface area contributed by atoms with Gasteiger partial charge in [0, 0.05) is 12.1 Å². The molecule has 0 aliphatic carbocycles. The molecule has 1 aliphatic rings. The van der Waals surface area contributed by atoms with E-state index in [0.29, 0.717) is 16.4 Å². The number of nitrogens with one attached hydrogen (secondary N) is 1. The molecule has 0 spiro atoms. The van der Waals surface area contributed by atoms with Gasteiger partial charge in [-0.3, -0.25) is 19.5 Å². The molecule has 2 amide bonds.